The Bertz CT molecular complexity index is 605. The molecule has 1 aromatic heterocycles. The zero-order chi connectivity index (χ0) is 13.9. The monoisotopic (exact) mass is 291 g/mol. The molecule has 1 amide bonds. The van der Waals surface area contributed by atoms with Gasteiger partial charge in [-0.25, -0.2) is 4.79 Å². The molecule has 106 valence electrons. The number of benzene rings is 1. The first-order valence-electron chi connectivity index (χ1n) is 6.80. The van der Waals surface area contributed by atoms with Crippen molar-refractivity contribution in [1.29, 1.82) is 0 Å². The molecule has 0 saturated carbocycles. The van der Waals surface area contributed by atoms with Gasteiger partial charge in [-0.05, 0) is 30.6 Å². The van der Waals surface area contributed by atoms with Gasteiger partial charge in [-0.1, -0.05) is 12.1 Å². The Morgan fingerprint density at radius 1 is 1.30 bits per heavy atom. The zero-order valence-electron chi connectivity index (χ0n) is 11.4. The number of nitrogens with zero attached hydrogens (tertiary/aromatic N) is 3. The van der Waals surface area contributed by atoms with Gasteiger partial charge in [-0.3, -0.25) is 0 Å². The Kier molecular flexibility index (Phi) is 3.73. The maximum atomic E-state index is 11.7. The first-order chi connectivity index (χ1) is 9.79. The van der Waals surface area contributed by atoms with Crippen molar-refractivity contribution in [3.8, 4) is 0 Å². The van der Waals surface area contributed by atoms with Crippen LogP contribution >= 0.6 is 11.5 Å². The Labute approximate surface area is 121 Å². The van der Waals surface area contributed by atoms with Crippen LogP contribution in [0.2, 0.25) is 0 Å². The summed E-state index contributed by atoms with van der Waals surface area (Å²) in [7, 11) is 0. The highest BCUT2D eigenvalue weighted by Crippen LogP contribution is 2.29. The predicted octanol–water partition coefficient (Wildman–Crippen LogP) is 2.57. The molecule has 0 spiro atoms. The molecule has 1 aliphatic heterocycles. The molecule has 0 radical (unpaired) electrons. The number of piperazine rings is 1. The summed E-state index contributed by atoms with van der Waals surface area (Å²) in [5.41, 5.74) is 0. The normalized spacial score (nSPS) is 15.7. The number of aromatic nitrogens is 1. The molecule has 3 rings (SSSR count). The number of carbonyl (C=O) groups excluding carboxylic acids is 1. The molecular weight excluding hydrogens is 274 g/mol. The van der Waals surface area contributed by atoms with Gasteiger partial charge in [-0.2, -0.15) is 4.37 Å². The van der Waals surface area contributed by atoms with Crippen LogP contribution in [0.5, 0.6) is 0 Å². The maximum absolute atomic E-state index is 11.7. The lowest BCUT2D eigenvalue weighted by Gasteiger charge is -2.34. The Morgan fingerprint density at radius 3 is 2.80 bits per heavy atom. The van der Waals surface area contributed by atoms with Crippen molar-refractivity contribution in [2.24, 2.45) is 0 Å². The fraction of sp³-hybridized carbons (Fsp3) is 0.429. The third-order valence-electron chi connectivity index (χ3n) is 3.46. The van der Waals surface area contributed by atoms with E-state index in [0.717, 1.165) is 18.9 Å². The van der Waals surface area contributed by atoms with Crippen LogP contribution < -0.4 is 4.90 Å². The second kappa shape index (κ2) is 5.66. The van der Waals surface area contributed by atoms with E-state index in [4.69, 9.17) is 4.74 Å². The topological polar surface area (TPSA) is 45.7 Å². The third kappa shape index (κ3) is 2.43. The van der Waals surface area contributed by atoms with Crippen LogP contribution in [0.3, 0.4) is 0 Å². The molecule has 2 heterocycles. The van der Waals surface area contributed by atoms with Crippen molar-refractivity contribution >= 4 is 33.5 Å². The second-order valence-corrected chi connectivity index (χ2v) is 5.48. The van der Waals surface area contributed by atoms with E-state index in [1.807, 2.05) is 19.1 Å². The Morgan fingerprint density at radius 2 is 2.05 bits per heavy atom. The van der Waals surface area contributed by atoms with Crippen molar-refractivity contribution in [3.63, 3.8) is 0 Å². The quantitative estimate of drug-likeness (QED) is 0.853. The molecule has 1 saturated heterocycles. The highest BCUT2D eigenvalue weighted by molar-refractivity contribution is 7.13. The van der Waals surface area contributed by atoms with Gasteiger partial charge in [0.25, 0.3) is 0 Å². The van der Waals surface area contributed by atoms with Gasteiger partial charge in [0.15, 0.2) is 0 Å². The summed E-state index contributed by atoms with van der Waals surface area (Å²) in [5.74, 6) is 1.04. The minimum absolute atomic E-state index is 0.213. The minimum atomic E-state index is -0.213. The van der Waals surface area contributed by atoms with Crippen molar-refractivity contribution in [2.45, 2.75) is 6.92 Å². The van der Waals surface area contributed by atoms with Crippen LogP contribution in [0.1, 0.15) is 6.92 Å². The van der Waals surface area contributed by atoms with E-state index in [2.05, 4.69) is 21.4 Å². The van der Waals surface area contributed by atoms with Crippen LogP contribution in [-0.2, 0) is 4.74 Å². The van der Waals surface area contributed by atoms with Crippen molar-refractivity contribution in [2.75, 3.05) is 37.7 Å². The largest absolute Gasteiger partial charge is 0.450 e. The van der Waals surface area contributed by atoms with Crippen molar-refractivity contribution in [1.82, 2.24) is 9.27 Å². The number of hydrogen-bond donors (Lipinski definition) is 0. The zero-order valence-corrected chi connectivity index (χ0v) is 12.2. The molecule has 0 aliphatic carbocycles. The van der Waals surface area contributed by atoms with Gasteiger partial charge in [0.05, 0.1) is 11.3 Å². The standard InChI is InChI=1S/C14H17N3O2S/c1-2-19-14(18)17-9-7-16(8-10-17)13-11-5-3-4-6-12(11)20-15-13/h3-6H,2,7-10H2,1H3. The molecule has 20 heavy (non-hydrogen) atoms. The molecule has 0 atom stereocenters. The first kappa shape index (κ1) is 13.2. The summed E-state index contributed by atoms with van der Waals surface area (Å²) in [4.78, 5) is 15.7. The molecule has 6 heteroatoms. The molecule has 0 N–H and O–H groups in total. The number of fused-ring (bicyclic) bond motifs is 1. The Balaban J connectivity index is 1.70. The first-order valence-corrected chi connectivity index (χ1v) is 7.58. The number of anilines is 1. The predicted molar refractivity (Wildman–Crippen MR) is 80.4 cm³/mol. The van der Waals surface area contributed by atoms with E-state index in [1.165, 1.54) is 21.6 Å². The van der Waals surface area contributed by atoms with Gasteiger partial charge >= 0.3 is 6.09 Å². The van der Waals surface area contributed by atoms with E-state index < -0.39 is 0 Å². The molecule has 0 unspecified atom stereocenters. The summed E-state index contributed by atoms with van der Waals surface area (Å²) in [6, 6.07) is 8.26. The molecule has 1 aliphatic rings. The summed E-state index contributed by atoms with van der Waals surface area (Å²) < 4.78 is 10.8. The van der Waals surface area contributed by atoms with Gasteiger partial charge in [0, 0.05) is 31.6 Å². The number of carbonyl (C=O) groups is 1. The average molecular weight is 291 g/mol. The highest BCUT2D eigenvalue weighted by atomic mass is 32.1. The summed E-state index contributed by atoms with van der Waals surface area (Å²) >= 11 is 1.53. The van der Waals surface area contributed by atoms with Crippen LogP contribution in [0, 0.1) is 0 Å². The van der Waals surface area contributed by atoms with Gasteiger partial charge in [-0.15, -0.1) is 0 Å². The fourth-order valence-electron chi connectivity index (χ4n) is 2.42. The lowest BCUT2D eigenvalue weighted by molar-refractivity contribution is 0.105. The van der Waals surface area contributed by atoms with E-state index >= 15 is 0 Å². The number of rotatable bonds is 2. The maximum Gasteiger partial charge on any atom is 0.409 e. The minimum Gasteiger partial charge on any atom is -0.450 e. The fourth-order valence-corrected chi connectivity index (χ4v) is 3.21. The molecule has 0 bridgehead atoms. The van der Waals surface area contributed by atoms with Crippen LogP contribution in [0.15, 0.2) is 24.3 Å². The summed E-state index contributed by atoms with van der Waals surface area (Å²) in [5, 5.41) is 1.20. The summed E-state index contributed by atoms with van der Waals surface area (Å²) in [6.07, 6.45) is -0.213. The van der Waals surface area contributed by atoms with Crippen molar-refractivity contribution in [3.05, 3.63) is 24.3 Å². The van der Waals surface area contributed by atoms with E-state index in [9.17, 15) is 4.79 Å². The second-order valence-electron chi connectivity index (χ2n) is 4.68. The lowest BCUT2D eigenvalue weighted by Crippen LogP contribution is -2.49. The molecule has 5 nitrogen and oxygen atoms in total. The number of ether oxygens (including phenoxy) is 1. The Hall–Kier alpha value is -1.82. The smallest absolute Gasteiger partial charge is 0.409 e. The average Bonchev–Trinajstić information content (AvgIpc) is 2.92. The lowest BCUT2D eigenvalue weighted by atomic mass is 10.2. The SMILES string of the molecule is CCOC(=O)N1CCN(c2nsc3ccccc23)CC1. The number of hydrogen-bond acceptors (Lipinski definition) is 5. The molecule has 1 aromatic carbocycles. The molecular formula is C14H17N3O2S. The van der Waals surface area contributed by atoms with Crippen LogP contribution in [-0.4, -0.2) is 48.2 Å². The van der Waals surface area contributed by atoms with Crippen LogP contribution in [0.4, 0.5) is 10.6 Å². The van der Waals surface area contributed by atoms with E-state index in [1.54, 1.807) is 4.90 Å². The third-order valence-corrected chi connectivity index (χ3v) is 4.28. The van der Waals surface area contributed by atoms with E-state index in [0.29, 0.717) is 19.7 Å². The number of amides is 1. The molecule has 2 aromatic rings. The highest BCUT2D eigenvalue weighted by Gasteiger charge is 2.24. The van der Waals surface area contributed by atoms with Gasteiger partial charge < -0.3 is 14.5 Å². The van der Waals surface area contributed by atoms with Crippen LogP contribution in [0.25, 0.3) is 10.1 Å². The van der Waals surface area contributed by atoms with Crippen molar-refractivity contribution < 1.29 is 9.53 Å². The van der Waals surface area contributed by atoms with Gasteiger partial charge in [0.2, 0.25) is 0 Å². The molecule has 1 fully saturated rings. The summed E-state index contributed by atoms with van der Waals surface area (Å²) in [6.45, 7) is 5.22. The van der Waals surface area contributed by atoms with E-state index in [-0.39, 0.29) is 6.09 Å². The van der Waals surface area contributed by atoms with Gasteiger partial charge in [0.1, 0.15) is 5.82 Å².